The number of carbonyl (C=O) groups excluding carboxylic acids is 4. The van der Waals surface area contributed by atoms with Crippen molar-refractivity contribution in [2.75, 3.05) is 13.1 Å². The average molecular weight is 505 g/mol. The van der Waals surface area contributed by atoms with Crippen molar-refractivity contribution in [2.45, 2.75) is 97.8 Å². The van der Waals surface area contributed by atoms with E-state index in [2.05, 4.69) is 17.6 Å². The number of hydrogen-bond donors (Lipinski definition) is 3. The predicted molar refractivity (Wildman–Crippen MR) is 140 cm³/mol. The van der Waals surface area contributed by atoms with Crippen LogP contribution in [0.1, 0.15) is 90.3 Å². The summed E-state index contributed by atoms with van der Waals surface area (Å²) in [5.74, 6) is -1.35. The molecule has 0 fully saturated rings. The van der Waals surface area contributed by atoms with Gasteiger partial charge < -0.3 is 26.0 Å². The molecule has 1 aromatic rings. The van der Waals surface area contributed by atoms with Gasteiger partial charge in [0, 0.05) is 19.5 Å². The fourth-order valence-electron chi connectivity index (χ4n) is 3.80. The third-order valence-corrected chi connectivity index (χ3v) is 5.41. The van der Waals surface area contributed by atoms with Crippen LogP contribution in [0.2, 0.25) is 0 Å². The summed E-state index contributed by atoms with van der Waals surface area (Å²) in [5.41, 5.74) is 6.19. The molecule has 4 N–H and O–H groups in total. The van der Waals surface area contributed by atoms with Crippen molar-refractivity contribution < 1.29 is 23.9 Å². The number of aryl methyl sites for hydroxylation is 1. The van der Waals surface area contributed by atoms with Crippen molar-refractivity contribution in [1.29, 1.82) is 0 Å². The Bertz CT molecular complexity index is 881. The second-order valence-electron chi connectivity index (χ2n) is 10.1. The Morgan fingerprint density at radius 3 is 2.33 bits per heavy atom. The first kappa shape index (κ1) is 30.9. The smallest absolute Gasteiger partial charge is 0.408 e. The maximum Gasteiger partial charge on any atom is 0.408 e. The number of unbranched alkanes of at least 4 members (excludes halogenated alkanes) is 2. The van der Waals surface area contributed by atoms with Crippen molar-refractivity contribution >= 4 is 23.8 Å². The lowest BCUT2D eigenvalue weighted by atomic mass is 9.99. The monoisotopic (exact) mass is 504 g/mol. The molecule has 0 aliphatic rings. The van der Waals surface area contributed by atoms with E-state index in [4.69, 9.17) is 10.5 Å². The Hall–Kier alpha value is -3.10. The van der Waals surface area contributed by atoms with Gasteiger partial charge in [-0.15, -0.1) is 0 Å². The molecule has 0 radical (unpaired) electrons. The van der Waals surface area contributed by atoms with Crippen LogP contribution in [0.4, 0.5) is 4.79 Å². The van der Waals surface area contributed by atoms with Crippen LogP contribution in [0.15, 0.2) is 24.3 Å². The number of amides is 4. The SMILES string of the molecule is CCCCCNC(=O)C(c1cccc(C)c1)N(CCC)C(=O)C(CCC(N)=O)NC(=O)OC(C)(C)C. The van der Waals surface area contributed by atoms with Crippen LogP contribution in [0, 0.1) is 6.92 Å². The van der Waals surface area contributed by atoms with Crippen LogP contribution < -0.4 is 16.4 Å². The van der Waals surface area contributed by atoms with Crippen molar-refractivity contribution in [3.8, 4) is 0 Å². The Labute approximate surface area is 215 Å². The average Bonchev–Trinajstić information content (AvgIpc) is 2.77. The molecule has 4 amide bonds. The molecule has 0 bridgehead atoms. The number of rotatable bonds is 14. The quantitative estimate of drug-likeness (QED) is 0.332. The van der Waals surface area contributed by atoms with Crippen LogP contribution >= 0.6 is 0 Å². The molecule has 1 aromatic carbocycles. The van der Waals surface area contributed by atoms with Crippen LogP contribution in [0.25, 0.3) is 0 Å². The summed E-state index contributed by atoms with van der Waals surface area (Å²) in [7, 11) is 0. The third kappa shape index (κ3) is 11.1. The maximum absolute atomic E-state index is 13.9. The van der Waals surface area contributed by atoms with Crippen molar-refractivity contribution in [2.24, 2.45) is 5.73 Å². The number of nitrogens with two attached hydrogens (primary N) is 1. The number of nitrogens with zero attached hydrogens (tertiary/aromatic N) is 1. The molecule has 0 saturated carbocycles. The lowest BCUT2D eigenvalue weighted by molar-refractivity contribution is -0.142. The number of benzene rings is 1. The lowest BCUT2D eigenvalue weighted by Crippen LogP contribution is -2.53. The molecule has 1 rings (SSSR count). The van der Waals surface area contributed by atoms with Crippen LogP contribution in [-0.4, -0.2) is 53.4 Å². The standard InChI is InChI=1S/C27H44N4O5/c1-7-9-10-16-29-24(33)23(20-13-11-12-19(3)18-20)31(17-8-2)25(34)21(14-15-22(28)32)30-26(35)36-27(4,5)6/h11-13,18,21,23H,7-10,14-17H2,1-6H3,(H2,28,32)(H,29,33)(H,30,35). The van der Waals surface area contributed by atoms with Crippen LogP contribution in [-0.2, 0) is 19.1 Å². The van der Waals surface area contributed by atoms with Crippen molar-refractivity contribution in [1.82, 2.24) is 15.5 Å². The normalized spacial score (nSPS) is 12.8. The molecule has 9 heteroatoms. The van der Waals surface area contributed by atoms with Gasteiger partial charge in [-0.05, 0) is 52.5 Å². The summed E-state index contributed by atoms with van der Waals surface area (Å²) in [4.78, 5) is 52.8. The molecule has 0 aliphatic heterocycles. The molecule has 2 atom stereocenters. The van der Waals surface area contributed by atoms with Crippen molar-refractivity contribution in [3.63, 3.8) is 0 Å². The first-order chi connectivity index (χ1) is 16.9. The molecule has 0 spiro atoms. The molecule has 0 aliphatic carbocycles. The number of ether oxygens (including phenoxy) is 1. The predicted octanol–water partition coefficient (Wildman–Crippen LogP) is 3.74. The summed E-state index contributed by atoms with van der Waals surface area (Å²) in [5, 5.41) is 5.56. The summed E-state index contributed by atoms with van der Waals surface area (Å²) >= 11 is 0. The molecule has 0 heterocycles. The number of primary amides is 1. The Balaban J connectivity index is 3.36. The first-order valence-corrected chi connectivity index (χ1v) is 12.8. The second kappa shape index (κ2) is 15.1. The molecule has 9 nitrogen and oxygen atoms in total. The second-order valence-corrected chi connectivity index (χ2v) is 10.1. The number of carbonyl (C=O) groups is 4. The zero-order valence-electron chi connectivity index (χ0n) is 22.7. The molecular weight excluding hydrogens is 460 g/mol. The Morgan fingerprint density at radius 1 is 1.08 bits per heavy atom. The molecular formula is C27H44N4O5. The largest absolute Gasteiger partial charge is 0.444 e. The minimum absolute atomic E-state index is 0.00766. The van der Waals surface area contributed by atoms with E-state index in [1.807, 2.05) is 38.1 Å². The highest BCUT2D eigenvalue weighted by Gasteiger charge is 2.36. The van der Waals surface area contributed by atoms with E-state index in [-0.39, 0.29) is 25.3 Å². The van der Waals surface area contributed by atoms with Gasteiger partial charge in [-0.25, -0.2) is 4.79 Å². The summed E-state index contributed by atoms with van der Waals surface area (Å²) in [6.07, 6.45) is 2.55. The molecule has 36 heavy (non-hydrogen) atoms. The van der Waals surface area contributed by atoms with Gasteiger partial charge in [0.15, 0.2) is 0 Å². The maximum atomic E-state index is 13.9. The first-order valence-electron chi connectivity index (χ1n) is 12.8. The minimum Gasteiger partial charge on any atom is -0.444 e. The zero-order chi connectivity index (χ0) is 27.3. The van der Waals surface area contributed by atoms with Gasteiger partial charge in [0.25, 0.3) is 0 Å². The van der Waals surface area contributed by atoms with E-state index in [1.165, 1.54) is 4.90 Å². The van der Waals surface area contributed by atoms with Gasteiger partial charge in [-0.2, -0.15) is 0 Å². The molecule has 202 valence electrons. The summed E-state index contributed by atoms with van der Waals surface area (Å²) in [6.45, 7) is 11.8. The third-order valence-electron chi connectivity index (χ3n) is 5.41. The van der Waals surface area contributed by atoms with Gasteiger partial charge in [0.05, 0.1) is 0 Å². The van der Waals surface area contributed by atoms with Crippen LogP contribution in [0.3, 0.4) is 0 Å². The van der Waals surface area contributed by atoms with E-state index in [0.29, 0.717) is 18.5 Å². The number of hydrogen-bond acceptors (Lipinski definition) is 5. The Kier molecular flexibility index (Phi) is 13.0. The number of alkyl carbamates (subject to hydrolysis) is 1. The van der Waals surface area contributed by atoms with Crippen molar-refractivity contribution in [3.05, 3.63) is 35.4 Å². The van der Waals surface area contributed by atoms with E-state index < -0.39 is 35.6 Å². The van der Waals surface area contributed by atoms with Gasteiger partial charge in [0.1, 0.15) is 17.7 Å². The summed E-state index contributed by atoms with van der Waals surface area (Å²) in [6, 6.07) is 5.49. The summed E-state index contributed by atoms with van der Waals surface area (Å²) < 4.78 is 5.33. The fraction of sp³-hybridized carbons (Fsp3) is 0.630. The van der Waals surface area contributed by atoms with Gasteiger partial charge >= 0.3 is 6.09 Å². The topological polar surface area (TPSA) is 131 Å². The highest BCUT2D eigenvalue weighted by molar-refractivity contribution is 5.92. The highest BCUT2D eigenvalue weighted by atomic mass is 16.6. The van der Waals surface area contributed by atoms with E-state index in [0.717, 1.165) is 24.8 Å². The minimum atomic E-state index is -1.08. The molecule has 0 aromatic heterocycles. The van der Waals surface area contributed by atoms with Gasteiger partial charge in [-0.1, -0.05) is 56.5 Å². The highest BCUT2D eigenvalue weighted by Crippen LogP contribution is 2.24. The van der Waals surface area contributed by atoms with Crippen LogP contribution in [0.5, 0.6) is 0 Å². The van der Waals surface area contributed by atoms with E-state index >= 15 is 0 Å². The van der Waals surface area contributed by atoms with E-state index in [1.54, 1.807) is 20.8 Å². The number of nitrogens with one attached hydrogen (secondary N) is 2. The molecule has 2 unspecified atom stereocenters. The van der Waals surface area contributed by atoms with Gasteiger partial charge in [0.2, 0.25) is 17.7 Å². The molecule has 0 saturated heterocycles. The Morgan fingerprint density at radius 2 is 1.78 bits per heavy atom. The van der Waals surface area contributed by atoms with Gasteiger partial charge in [-0.3, -0.25) is 14.4 Å². The lowest BCUT2D eigenvalue weighted by Gasteiger charge is -2.34. The van der Waals surface area contributed by atoms with E-state index in [9.17, 15) is 19.2 Å². The fourth-order valence-corrected chi connectivity index (χ4v) is 3.80. The zero-order valence-corrected chi connectivity index (χ0v) is 22.7.